The van der Waals surface area contributed by atoms with Crippen LogP contribution in [0.3, 0.4) is 0 Å². The van der Waals surface area contributed by atoms with Gasteiger partial charge in [-0.25, -0.2) is 9.97 Å². The molecule has 0 spiro atoms. The molecule has 1 heterocycles. The Labute approximate surface area is 120 Å². The molecule has 21 heavy (non-hydrogen) atoms. The summed E-state index contributed by atoms with van der Waals surface area (Å²) in [6.07, 6.45) is 1.37. The third-order valence-electron chi connectivity index (χ3n) is 2.97. The van der Waals surface area contributed by atoms with Gasteiger partial charge >= 0.3 is 0 Å². The van der Waals surface area contributed by atoms with Gasteiger partial charge in [-0.3, -0.25) is 0 Å². The number of aromatic nitrogens is 2. The first-order valence-corrected chi connectivity index (χ1v) is 6.22. The van der Waals surface area contributed by atoms with E-state index in [2.05, 4.69) is 9.97 Å². The number of phenols is 1. The maximum atomic E-state index is 9.78. The van der Waals surface area contributed by atoms with Crippen molar-refractivity contribution >= 4 is 16.6 Å². The van der Waals surface area contributed by atoms with Gasteiger partial charge in [-0.05, 0) is 18.2 Å². The zero-order chi connectivity index (χ0) is 14.8. The van der Waals surface area contributed by atoms with Crippen molar-refractivity contribution in [3.8, 4) is 23.1 Å². The number of nitrogen functional groups attached to an aromatic ring is 1. The van der Waals surface area contributed by atoms with E-state index in [-0.39, 0.29) is 5.75 Å². The minimum absolute atomic E-state index is 0.0126. The summed E-state index contributed by atoms with van der Waals surface area (Å²) in [4.78, 5) is 8.23. The Morgan fingerprint density at radius 3 is 2.76 bits per heavy atom. The highest BCUT2D eigenvalue weighted by atomic mass is 16.5. The van der Waals surface area contributed by atoms with Crippen molar-refractivity contribution in [1.82, 2.24) is 9.97 Å². The van der Waals surface area contributed by atoms with E-state index in [1.807, 2.05) is 0 Å². The summed E-state index contributed by atoms with van der Waals surface area (Å²) in [6.45, 7) is 0. The number of aromatic hydroxyl groups is 1. The van der Waals surface area contributed by atoms with E-state index in [0.717, 1.165) is 0 Å². The molecule has 0 radical (unpaired) electrons. The average Bonchev–Trinajstić information content (AvgIpc) is 2.47. The third kappa shape index (κ3) is 2.51. The summed E-state index contributed by atoms with van der Waals surface area (Å²) in [5.41, 5.74) is 6.88. The SMILES string of the molecule is COc1cc2c(Oc3cccc(N)c3)ncnc2cc1O. The Hall–Kier alpha value is -3.02. The van der Waals surface area contributed by atoms with Crippen LogP contribution in [0.25, 0.3) is 10.9 Å². The maximum absolute atomic E-state index is 9.78. The first-order valence-electron chi connectivity index (χ1n) is 6.22. The van der Waals surface area contributed by atoms with Crippen molar-refractivity contribution in [3.05, 3.63) is 42.7 Å². The number of nitrogens with zero attached hydrogens (tertiary/aromatic N) is 2. The number of benzene rings is 2. The first kappa shape index (κ1) is 13.0. The standard InChI is InChI=1S/C15H13N3O3/c1-20-14-6-11-12(7-13(14)19)17-8-18-15(11)21-10-4-2-3-9(16)5-10/h2-8,19H,16H2,1H3. The second-order valence-corrected chi connectivity index (χ2v) is 4.39. The molecule has 6 nitrogen and oxygen atoms in total. The van der Waals surface area contributed by atoms with E-state index < -0.39 is 0 Å². The quantitative estimate of drug-likeness (QED) is 0.718. The molecule has 3 rings (SSSR count). The van der Waals surface area contributed by atoms with Crippen molar-refractivity contribution < 1.29 is 14.6 Å². The van der Waals surface area contributed by atoms with Crippen LogP contribution in [0.4, 0.5) is 5.69 Å². The number of hydrogen-bond acceptors (Lipinski definition) is 6. The first-order chi connectivity index (χ1) is 10.2. The molecule has 0 aliphatic heterocycles. The molecular formula is C15H13N3O3. The van der Waals surface area contributed by atoms with Crippen LogP contribution in [0.15, 0.2) is 42.7 Å². The second-order valence-electron chi connectivity index (χ2n) is 4.39. The van der Waals surface area contributed by atoms with Crippen molar-refractivity contribution in [2.45, 2.75) is 0 Å². The number of rotatable bonds is 3. The fraction of sp³-hybridized carbons (Fsp3) is 0.0667. The van der Waals surface area contributed by atoms with Gasteiger partial charge in [0.15, 0.2) is 11.5 Å². The van der Waals surface area contributed by atoms with Crippen LogP contribution >= 0.6 is 0 Å². The summed E-state index contributed by atoms with van der Waals surface area (Å²) < 4.78 is 10.8. The highest BCUT2D eigenvalue weighted by Gasteiger charge is 2.11. The lowest BCUT2D eigenvalue weighted by Crippen LogP contribution is -1.93. The maximum Gasteiger partial charge on any atom is 0.230 e. The van der Waals surface area contributed by atoms with E-state index in [1.165, 1.54) is 19.5 Å². The second kappa shape index (κ2) is 5.16. The molecule has 2 aromatic carbocycles. The highest BCUT2D eigenvalue weighted by Crippen LogP contribution is 2.35. The van der Waals surface area contributed by atoms with Crippen LogP contribution in [0.5, 0.6) is 23.1 Å². The normalized spacial score (nSPS) is 10.5. The Bertz CT molecular complexity index is 805. The molecule has 3 aromatic rings. The van der Waals surface area contributed by atoms with Crippen LogP contribution < -0.4 is 15.2 Å². The molecule has 0 saturated heterocycles. The molecule has 0 atom stereocenters. The Kier molecular flexibility index (Phi) is 3.19. The van der Waals surface area contributed by atoms with Crippen molar-refractivity contribution in [1.29, 1.82) is 0 Å². The van der Waals surface area contributed by atoms with E-state index in [9.17, 15) is 5.11 Å². The summed E-state index contributed by atoms with van der Waals surface area (Å²) in [6, 6.07) is 10.2. The predicted octanol–water partition coefficient (Wildman–Crippen LogP) is 2.72. The van der Waals surface area contributed by atoms with Gasteiger partial charge in [0.05, 0.1) is 18.0 Å². The number of fused-ring (bicyclic) bond motifs is 1. The monoisotopic (exact) mass is 283 g/mol. The molecule has 0 unspecified atom stereocenters. The van der Waals surface area contributed by atoms with Gasteiger partial charge in [-0.2, -0.15) is 0 Å². The fourth-order valence-corrected chi connectivity index (χ4v) is 1.98. The van der Waals surface area contributed by atoms with Gasteiger partial charge in [0.25, 0.3) is 0 Å². The number of methoxy groups -OCH3 is 1. The molecule has 106 valence electrons. The lowest BCUT2D eigenvalue weighted by atomic mass is 10.2. The van der Waals surface area contributed by atoms with Crippen LogP contribution in [-0.2, 0) is 0 Å². The summed E-state index contributed by atoms with van der Waals surface area (Å²) in [5.74, 6) is 1.28. The fourth-order valence-electron chi connectivity index (χ4n) is 1.98. The number of ether oxygens (including phenoxy) is 2. The van der Waals surface area contributed by atoms with Gasteiger partial charge < -0.3 is 20.3 Å². The minimum atomic E-state index is 0.0126. The molecule has 0 aliphatic rings. The Morgan fingerprint density at radius 1 is 1.14 bits per heavy atom. The predicted molar refractivity (Wildman–Crippen MR) is 78.7 cm³/mol. The molecule has 0 aliphatic carbocycles. The zero-order valence-electron chi connectivity index (χ0n) is 11.3. The number of nitrogens with two attached hydrogens (primary N) is 1. The summed E-state index contributed by atoms with van der Waals surface area (Å²) in [7, 11) is 1.48. The number of phenolic OH excluding ortho intramolecular Hbond substituents is 1. The number of hydrogen-bond donors (Lipinski definition) is 2. The molecular weight excluding hydrogens is 270 g/mol. The van der Waals surface area contributed by atoms with E-state index in [0.29, 0.717) is 34.0 Å². The molecule has 0 saturated carbocycles. The van der Waals surface area contributed by atoms with Crippen LogP contribution in [0, 0.1) is 0 Å². The molecule has 0 fully saturated rings. The Balaban J connectivity index is 2.09. The molecule has 6 heteroatoms. The minimum Gasteiger partial charge on any atom is -0.504 e. The summed E-state index contributed by atoms with van der Waals surface area (Å²) in [5, 5.41) is 10.4. The molecule has 3 N–H and O–H groups in total. The average molecular weight is 283 g/mol. The van der Waals surface area contributed by atoms with Crippen molar-refractivity contribution in [3.63, 3.8) is 0 Å². The van der Waals surface area contributed by atoms with Gasteiger partial charge in [0.2, 0.25) is 5.88 Å². The zero-order valence-corrected chi connectivity index (χ0v) is 11.3. The lowest BCUT2D eigenvalue weighted by molar-refractivity contribution is 0.374. The van der Waals surface area contributed by atoms with E-state index >= 15 is 0 Å². The van der Waals surface area contributed by atoms with Crippen LogP contribution in [0.1, 0.15) is 0 Å². The van der Waals surface area contributed by atoms with Crippen LogP contribution in [0.2, 0.25) is 0 Å². The topological polar surface area (TPSA) is 90.5 Å². The Morgan fingerprint density at radius 2 is 2.00 bits per heavy atom. The molecule has 0 bridgehead atoms. The van der Waals surface area contributed by atoms with Crippen LogP contribution in [-0.4, -0.2) is 22.2 Å². The van der Waals surface area contributed by atoms with Gasteiger partial charge in [-0.15, -0.1) is 0 Å². The van der Waals surface area contributed by atoms with Gasteiger partial charge in [0, 0.05) is 17.8 Å². The number of anilines is 1. The van der Waals surface area contributed by atoms with Gasteiger partial charge in [0.1, 0.15) is 12.1 Å². The van der Waals surface area contributed by atoms with E-state index in [1.54, 1.807) is 30.3 Å². The van der Waals surface area contributed by atoms with Gasteiger partial charge in [-0.1, -0.05) is 6.07 Å². The lowest BCUT2D eigenvalue weighted by Gasteiger charge is -2.09. The molecule has 1 aromatic heterocycles. The third-order valence-corrected chi connectivity index (χ3v) is 2.97. The largest absolute Gasteiger partial charge is 0.504 e. The summed E-state index contributed by atoms with van der Waals surface area (Å²) >= 11 is 0. The smallest absolute Gasteiger partial charge is 0.230 e. The molecule has 0 amide bonds. The van der Waals surface area contributed by atoms with E-state index in [4.69, 9.17) is 15.2 Å². The van der Waals surface area contributed by atoms with Crippen molar-refractivity contribution in [2.75, 3.05) is 12.8 Å². The highest BCUT2D eigenvalue weighted by molar-refractivity contribution is 5.86. The van der Waals surface area contributed by atoms with Crippen molar-refractivity contribution in [2.24, 2.45) is 0 Å².